The van der Waals surface area contributed by atoms with Gasteiger partial charge in [-0.3, -0.25) is 29.9 Å². The average Bonchev–Trinajstić information content (AvgIpc) is 3.05. The number of pyridine rings is 6. The number of halogens is 1. The van der Waals surface area contributed by atoms with E-state index in [1.165, 1.54) is 0 Å². The van der Waals surface area contributed by atoms with Gasteiger partial charge in [-0.25, -0.2) is 0 Å². The Morgan fingerprint density at radius 1 is 0.289 bits per heavy atom. The minimum atomic E-state index is 0.915. The van der Waals surface area contributed by atoms with E-state index in [1.807, 2.05) is 127 Å². The van der Waals surface area contributed by atoms with Gasteiger partial charge in [0.05, 0.1) is 34.2 Å². The van der Waals surface area contributed by atoms with Crippen molar-refractivity contribution in [2.45, 2.75) is 0 Å². The third-order valence-electron chi connectivity index (χ3n) is 4.78. The van der Waals surface area contributed by atoms with Crippen molar-refractivity contribution in [1.29, 1.82) is 0 Å². The summed E-state index contributed by atoms with van der Waals surface area (Å²) in [5, 5.41) is 0. The molecular formula is C30H24ClN6Ru. The average molecular weight is 605 g/mol. The van der Waals surface area contributed by atoms with Crippen LogP contribution in [0.5, 0.6) is 0 Å². The van der Waals surface area contributed by atoms with Crippen molar-refractivity contribution < 1.29 is 17.3 Å². The molecule has 6 aromatic heterocycles. The van der Waals surface area contributed by atoms with Crippen LogP contribution in [0.1, 0.15) is 0 Å². The molecule has 0 saturated heterocycles. The van der Waals surface area contributed by atoms with E-state index in [4.69, 9.17) is 0 Å². The maximum absolute atomic E-state index is 4.57. The summed E-state index contributed by atoms with van der Waals surface area (Å²) < 4.78 is 0. The van der Waals surface area contributed by atoms with Crippen molar-refractivity contribution in [1.82, 2.24) is 29.9 Å². The van der Waals surface area contributed by atoms with Crippen LogP contribution in [0.25, 0.3) is 34.2 Å². The van der Waals surface area contributed by atoms with Crippen LogP contribution in [0.3, 0.4) is 0 Å². The van der Waals surface area contributed by atoms with E-state index in [0.29, 0.717) is 0 Å². The molecule has 6 heterocycles. The van der Waals surface area contributed by atoms with Gasteiger partial charge in [0.1, 0.15) is 0 Å². The Hall–Kier alpha value is -4.19. The number of rotatable bonds is 3. The molecule has 8 heteroatoms. The Balaban J connectivity index is 0.000000153. The molecule has 0 atom stereocenters. The van der Waals surface area contributed by atoms with Crippen LogP contribution in [-0.2, 0) is 17.3 Å². The summed E-state index contributed by atoms with van der Waals surface area (Å²) in [5.74, 6) is 0. The van der Waals surface area contributed by atoms with Gasteiger partial charge in [0.15, 0.2) is 0 Å². The summed E-state index contributed by atoms with van der Waals surface area (Å²) in [5.41, 5.74) is 5.49. The first-order chi connectivity index (χ1) is 18.9. The Kier molecular flexibility index (Phi) is 12.9. The van der Waals surface area contributed by atoms with Crippen molar-refractivity contribution in [3.05, 3.63) is 146 Å². The molecule has 0 aliphatic heterocycles. The second-order valence-electron chi connectivity index (χ2n) is 7.29. The van der Waals surface area contributed by atoms with Gasteiger partial charge in [-0.1, -0.05) is 36.4 Å². The van der Waals surface area contributed by atoms with Gasteiger partial charge in [0.2, 0.25) is 0 Å². The van der Waals surface area contributed by atoms with Crippen molar-refractivity contribution in [3.8, 4) is 34.2 Å². The molecule has 0 unspecified atom stereocenters. The van der Waals surface area contributed by atoms with Crippen LogP contribution in [-0.4, -0.2) is 29.9 Å². The van der Waals surface area contributed by atoms with Crippen LogP contribution < -0.4 is 0 Å². The van der Waals surface area contributed by atoms with Gasteiger partial charge in [0, 0.05) is 37.2 Å². The molecule has 0 amide bonds. The van der Waals surface area contributed by atoms with E-state index in [-0.39, 0.29) is 0 Å². The van der Waals surface area contributed by atoms with Crippen LogP contribution >= 0.6 is 9.69 Å². The predicted octanol–water partition coefficient (Wildman–Crippen LogP) is 7.12. The van der Waals surface area contributed by atoms with Crippen LogP contribution in [0, 0.1) is 0 Å². The fraction of sp³-hybridized carbons (Fsp3) is 0. The van der Waals surface area contributed by atoms with Gasteiger partial charge in [-0.15, -0.1) is 0 Å². The van der Waals surface area contributed by atoms with Gasteiger partial charge < -0.3 is 0 Å². The molecule has 6 rings (SSSR count). The van der Waals surface area contributed by atoms with E-state index in [1.54, 1.807) is 37.2 Å². The predicted molar refractivity (Wildman–Crippen MR) is 148 cm³/mol. The number of aromatic nitrogens is 6. The van der Waals surface area contributed by atoms with E-state index >= 15 is 0 Å². The molecule has 0 N–H and O–H groups in total. The van der Waals surface area contributed by atoms with Crippen LogP contribution in [0.2, 0.25) is 0 Å². The molecule has 0 aromatic carbocycles. The van der Waals surface area contributed by atoms with Crippen molar-refractivity contribution >= 4 is 9.69 Å². The van der Waals surface area contributed by atoms with Gasteiger partial charge >= 0.3 is 27.0 Å². The summed E-state index contributed by atoms with van der Waals surface area (Å²) >= 11 is 1.82. The number of hydrogen-bond donors (Lipinski definition) is 0. The standard InChI is InChI=1S/3C10H8N2.ClH.Ru/c3*1-3-7-11-9(5-1)10-6-2-4-8-12-10;;/h3*1-8H;1H;/q;;;;+1/p-1. The smallest absolute Gasteiger partial charge is 0.0886 e. The van der Waals surface area contributed by atoms with Crippen LogP contribution in [0.4, 0.5) is 0 Å². The first-order valence-electron chi connectivity index (χ1n) is 11.5. The van der Waals surface area contributed by atoms with E-state index in [2.05, 4.69) is 39.6 Å². The maximum Gasteiger partial charge on any atom is 0.0886 e. The zero-order valence-corrected chi connectivity index (χ0v) is 22.8. The molecule has 38 heavy (non-hydrogen) atoms. The minimum Gasteiger partial charge on any atom is -0.255 e. The molecule has 6 aromatic rings. The second kappa shape index (κ2) is 17.3. The summed E-state index contributed by atoms with van der Waals surface area (Å²) in [7, 11) is 4.57. The second-order valence-corrected chi connectivity index (χ2v) is 7.29. The molecule has 0 aliphatic carbocycles. The Morgan fingerprint density at radius 3 is 0.553 bits per heavy atom. The van der Waals surface area contributed by atoms with Crippen molar-refractivity contribution in [3.63, 3.8) is 0 Å². The zero-order valence-electron chi connectivity index (χ0n) is 20.3. The molecular weight excluding hydrogens is 581 g/mol. The summed E-state index contributed by atoms with van der Waals surface area (Å²) in [6.45, 7) is 0. The molecule has 0 saturated carbocycles. The van der Waals surface area contributed by atoms with E-state index in [0.717, 1.165) is 34.2 Å². The molecule has 0 bridgehead atoms. The van der Waals surface area contributed by atoms with E-state index in [9.17, 15) is 0 Å². The zero-order chi connectivity index (χ0) is 26.7. The summed E-state index contributed by atoms with van der Waals surface area (Å²) in [6, 6.07) is 34.8. The van der Waals surface area contributed by atoms with Gasteiger partial charge in [0.25, 0.3) is 0 Å². The Labute approximate surface area is 236 Å². The SMILES string of the molecule is [Cl][Ru].c1ccc(-c2ccccn2)nc1.c1ccc(-c2ccccn2)nc1.c1ccc(-c2ccccn2)nc1. The monoisotopic (exact) mass is 605 g/mol. The fourth-order valence-corrected chi connectivity index (χ4v) is 3.09. The molecule has 189 valence electrons. The maximum atomic E-state index is 4.57. The van der Waals surface area contributed by atoms with Gasteiger partial charge in [-0.2, -0.15) is 0 Å². The third kappa shape index (κ3) is 9.70. The Bertz CT molecular complexity index is 1110. The first kappa shape index (κ1) is 28.4. The molecule has 6 nitrogen and oxygen atoms in total. The molecule has 0 spiro atoms. The van der Waals surface area contributed by atoms with E-state index < -0.39 is 0 Å². The fourth-order valence-electron chi connectivity index (χ4n) is 3.09. The topological polar surface area (TPSA) is 77.3 Å². The third-order valence-corrected chi connectivity index (χ3v) is 4.78. The molecule has 0 aliphatic rings. The first-order valence-corrected chi connectivity index (χ1v) is 13.7. The normalized spacial score (nSPS) is 9.32. The van der Waals surface area contributed by atoms with Crippen molar-refractivity contribution in [2.24, 2.45) is 0 Å². The summed E-state index contributed by atoms with van der Waals surface area (Å²) in [4.78, 5) is 25.1. The number of hydrogen-bond acceptors (Lipinski definition) is 6. The summed E-state index contributed by atoms with van der Waals surface area (Å²) in [6.07, 6.45) is 10.6. The Morgan fingerprint density at radius 2 is 0.447 bits per heavy atom. The molecule has 0 fully saturated rings. The largest absolute Gasteiger partial charge is 0.255 e. The number of nitrogens with zero attached hydrogens (tertiary/aromatic N) is 6. The van der Waals surface area contributed by atoms with Gasteiger partial charge in [-0.05, 0) is 72.8 Å². The molecule has 0 radical (unpaired) electrons. The van der Waals surface area contributed by atoms with Crippen molar-refractivity contribution in [2.75, 3.05) is 0 Å². The minimum absolute atomic E-state index is 0.915. The van der Waals surface area contributed by atoms with Crippen LogP contribution in [0.15, 0.2) is 146 Å². The quantitative estimate of drug-likeness (QED) is 0.200.